The van der Waals surface area contributed by atoms with E-state index in [2.05, 4.69) is 22.1 Å². The molecule has 4 nitrogen and oxygen atoms in total. The van der Waals surface area contributed by atoms with Crippen molar-refractivity contribution in [3.63, 3.8) is 0 Å². The van der Waals surface area contributed by atoms with Crippen LogP contribution in [0, 0.1) is 13.8 Å². The first-order valence-electron chi connectivity index (χ1n) is 9.19. The Bertz CT molecular complexity index is 757. The minimum absolute atomic E-state index is 0.152. The van der Waals surface area contributed by atoms with Gasteiger partial charge in [-0.15, -0.1) is 0 Å². The Morgan fingerprint density at radius 1 is 1.24 bits per heavy atom. The normalized spacial score (nSPS) is 17.4. The van der Waals surface area contributed by atoms with E-state index in [0.29, 0.717) is 11.7 Å². The molecule has 4 heteroatoms. The van der Waals surface area contributed by atoms with Crippen molar-refractivity contribution in [2.45, 2.75) is 52.5 Å². The summed E-state index contributed by atoms with van der Waals surface area (Å²) in [5.74, 6) is -0.152. The summed E-state index contributed by atoms with van der Waals surface area (Å²) < 4.78 is 0. The maximum Gasteiger partial charge on any atom is 0.274 e. The van der Waals surface area contributed by atoms with Crippen LogP contribution < -0.4 is 10.2 Å². The quantitative estimate of drug-likeness (QED) is 0.878. The zero-order valence-electron chi connectivity index (χ0n) is 15.4. The summed E-state index contributed by atoms with van der Waals surface area (Å²) >= 11 is 0. The minimum atomic E-state index is -0.152. The van der Waals surface area contributed by atoms with E-state index in [1.165, 1.54) is 19.3 Å². The van der Waals surface area contributed by atoms with Gasteiger partial charge in [-0.2, -0.15) is 0 Å². The number of nitrogens with one attached hydrogen (secondary N) is 1. The molecule has 1 aliphatic heterocycles. The number of rotatable bonds is 4. The van der Waals surface area contributed by atoms with Crippen molar-refractivity contribution in [3.8, 4) is 0 Å². The highest BCUT2D eigenvalue weighted by molar-refractivity contribution is 6.03. The molecule has 1 aliphatic rings. The van der Waals surface area contributed by atoms with Gasteiger partial charge in [0.25, 0.3) is 5.91 Å². The smallest absolute Gasteiger partial charge is 0.274 e. The van der Waals surface area contributed by atoms with Gasteiger partial charge < -0.3 is 10.2 Å². The van der Waals surface area contributed by atoms with Gasteiger partial charge in [0, 0.05) is 30.2 Å². The van der Waals surface area contributed by atoms with Crippen LogP contribution in [0.1, 0.15) is 54.2 Å². The van der Waals surface area contributed by atoms with Crippen molar-refractivity contribution in [1.29, 1.82) is 0 Å². The first kappa shape index (κ1) is 17.5. The van der Waals surface area contributed by atoms with E-state index >= 15 is 0 Å². The van der Waals surface area contributed by atoms with Crippen molar-refractivity contribution < 1.29 is 4.79 Å². The van der Waals surface area contributed by atoms with Gasteiger partial charge >= 0.3 is 0 Å². The molecule has 1 atom stereocenters. The van der Waals surface area contributed by atoms with E-state index in [0.717, 1.165) is 35.5 Å². The second-order valence-electron chi connectivity index (χ2n) is 6.92. The van der Waals surface area contributed by atoms with Gasteiger partial charge in [0.05, 0.1) is 0 Å². The lowest BCUT2D eigenvalue weighted by Crippen LogP contribution is -2.39. The first-order valence-corrected chi connectivity index (χ1v) is 9.19. The van der Waals surface area contributed by atoms with E-state index in [9.17, 15) is 4.79 Å². The van der Waals surface area contributed by atoms with Gasteiger partial charge in [-0.05, 0) is 68.9 Å². The molecule has 0 spiro atoms. The second-order valence-corrected chi connectivity index (χ2v) is 6.92. The molecular weight excluding hydrogens is 310 g/mol. The first-order chi connectivity index (χ1) is 12.1. The number of pyridine rings is 1. The molecular formula is C21H27N3O. The van der Waals surface area contributed by atoms with Gasteiger partial charge in [-0.3, -0.25) is 9.78 Å². The van der Waals surface area contributed by atoms with E-state index in [1.807, 2.05) is 44.2 Å². The minimum Gasteiger partial charge on any atom is -0.368 e. The number of aromatic nitrogens is 1. The molecule has 0 aliphatic carbocycles. The van der Waals surface area contributed by atoms with E-state index in [-0.39, 0.29) is 5.91 Å². The number of carbonyl (C=O) groups is 1. The molecule has 0 radical (unpaired) electrons. The van der Waals surface area contributed by atoms with Gasteiger partial charge in [-0.25, -0.2) is 0 Å². The number of piperidine rings is 1. The lowest BCUT2D eigenvalue weighted by molar-refractivity contribution is 0.102. The number of benzene rings is 1. The molecule has 1 saturated heterocycles. The SMILES string of the molecule is CCC1CCCCN1c1ccnc(C(=O)Nc2cc(C)ccc2C)c1. The van der Waals surface area contributed by atoms with Crippen LogP contribution in [-0.2, 0) is 0 Å². The third kappa shape index (κ3) is 4.01. The molecule has 1 aromatic carbocycles. The van der Waals surface area contributed by atoms with Crippen LogP contribution in [0.5, 0.6) is 0 Å². The van der Waals surface area contributed by atoms with E-state index in [4.69, 9.17) is 0 Å². The van der Waals surface area contributed by atoms with Crippen LogP contribution in [0.4, 0.5) is 11.4 Å². The molecule has 0 bridgehead atoms. The molecule has 1 fully saturated rings. The summed E-state index contributed by atoms with van der Waals surface area (Å²) in [6.07, 6.45) is 6.60. The molecule has 132 valence electrons. The average Bonchev–Trinajstić information content (AvgIpc) is 2.64. The Morgan fingerprint density at radius 3 is 2.88 bits per heavy atom. The zero-order chi connectivity index (χ0) is 17.8. The van der Waals surface area contributed by atoms with Crippen molar-refractivity contribution in [2.24, 2.45) is 0 Å². The summed E-state index contributed by atoms with van der Waals surface area (Å²) in [4.78, 5) is 19.4. The largest absolute Gasteiger partial charge is 0.368 e. The molecule has 1 aromatic heterocycles. The van der Waals surface area contributed by atoms with Crippen LogP contribution in [0.15, 0.2) is 36.5 Å². The maximum atomic E-state index is 12.7. The molecule has 1 N–H and O–H groups in total. The Hall–Kier alpha value is -2.36. The molecule has 1 amide bonds. The van der Waals surface area contributed by atoms with Gasteiger partial charge in [0.2, 0.25) is 0 Å². The number of nitrogens with zero attached hydrogens (tertiary/aromatic N) is 2. The fourth-order valence-electron chi connectivity index (χ4n) is 3.54. The van der Waals surface area contributed by atoms with Crippen LogP contribution in [-0.4, -0.2) is 23.5 Å². The monoisotopic (exact) mass is 337 g/mol. The summed E-state index contributed by atoms with van der Waals surface area (Å²) in [5.41, 5.74) is 4.60. The van der Waals surface area contributed by atoms with E-state index < -0.39 is 0 Å². The lowest BCUT2D eigenvalue weighted by atomic mass is 9.99. The van der Waals surface area contributed by atoms with Gasteiger partial charge in [0.15, 0.2) is 0 Å². The van der Waals surface area contributed by atoms with Crippen molar-refractivity contribution in [2.75, 3.05) is 16.8 Å². The fourth-order valence-corrected chi connectivity index (χ4v) is 3.54. The fraction of sp³-hybridized carbons (Fsp3) is 0.429. The average molecular weight is 337 g/mol. The molecule has 2 heterocycles. The van der Waals surface area contributed by atoms with E-state index in [1.54, 1.807) is 6.20 Å². The molecule has 1 unspecified atom stereocenters. The Kier molecular flexibility index (Phi) is 5.37. The third-order valence-electron chi connectivity index (χ3n) is 5.05. The molecule has 2 aromatic rings. The van der Waals surface area contributed by atoms with Crippen LogP contribution in [0.3, 0.4) is 0 Å². The number of hydrogen-bond donors (Lipinski definition) is 1. The zero-order valence-corrected chi connectivity index (χ0v) is 15.4. The maximum absolute atomic E-state index is 12.7. The van der Waals surface area contributed by atoms with Crippen LogP contribution in [0.2, 0.25) is 0 Å². The summed E-state index contributed by atoms with van der Waals surface area (Å²) in [5, 5.41) is 3.00. The Balaban J connectivity index is 1.81. The number of hydrogen-bond acceptors (Lipinski definition) is 3. The standard InChI is InChI=1S/C21H27N3O/c1-4-17-7-5-6-12-24(17)18-10-11-22-20(14-18)21(25)23-19-13-15(2)8-9-16(19)3/h8-11,13-14,17H,4-7,12H2,1-3H3,(H,23,25). The molecule has 3 rings (SSSR count). The number of carbonyl (C=O) groups excluding carboxylic acids is 1. The Morgan fingerprint density at radius 2 is 2.08 bits per heavy atom. The summed E-state index contributed by atoms with van der Waals surface area (Å²) in [6.45, 7) is 7.31. The van der Waals surface area contributed by atoms with Crippen LogP contribution in [0.25, 0.3) is 0 Å². The summed E-state index contributed by atoms with van der Waals surface area (Å²) in [6, 6.07) is 10.6. The molecule has 25 heavy (non-hydrogen) atoms. The Labute approximate surface area is 150 Å². The third-order valence-corrected chi connectivity index (χ3v) is 5.05. The predicted octanol–water partition coefficient (Wildman–Crippen LogP) is 4.72. The highest BCUT2D eigenvalue weighted by Gasteiger charge is 2.22. The number of anilines is 2. The number of amides is 1. The lowest BCUT2D eigenvalue weighted by Gasteiger charge is -2.37. The highest BCUT2D eigenvalue weighted by atomic mass is 16.1. The second kappa shape index (κ2) is 7.68. The van der Waals surface area contributed by atoms with Crippen molar-refractivity contribution in [3.05, 3.63) is 53.3 Å². The topological polar surface area (TPSA) is 45.2 Å². The highest BCUT2D eigenvalue weighted by Crippen LogP contribution is 2.27. The van der Waals surface area contributed by atoms with Gasteiger partial charge in [0.1, 0.15) is 5.69 Å². The van der Waals surface area contributed by atoms with Crippen molar-refractivity contribution in [1.82, 2.24) is 4.98 Å². The van der Waals surface area contributed by atoms with Crippen molar-refractivity contribution >= 4 is 17.3 Å². The summed E-state index contributed by atoms with van der Waals surface area (Å²) in [7, 11) is 0. The number of aryl methyl sites for hydroxylation is 2. The predicted molar refractivity (Wildman–Crippen MR) is 103 cm³/mol. The van der Waals surface area contributed by atoms with Gasteiger partial charge in [-0.1, -0.05) is 19.1 Å². The molecule has 0 saturated carbocycles. The van der Waals surface area contributed by atoms with Crippen LogP contribution >= 0.6 is 0 Å².